The Hall–Kier alpha value is -3.49. The highest BCUT2D eigenvalue weighted by atomic mass is 16.5. The topological polar surface area (TPSA) is 112 Å². The Morgan fingerprint density at radius 3 is 2.82 bits per heavy atom. The number of rotatable bonds is 6. The molecule has 0 aliphatic rings. The fraction of sp³-hybridized carbons (Fsp3) is 0.316. The molecule has 0 bridgehead atoms. The number of amides is 1. The monoisotopic (exact) mass is 380 g/mol. The van der Waals surface area contributed by atoms with E-state index in [0.29, 0.717) is 30.4 Å². The van der Waals surface area contributed by atoms with Crippen LogP contribution in [0.3, 0.4) is 0 Å². The third-order valence-electron chi connectivity index (χ3n) is 4.47. The molecular formula is C19H20N6O3. The summed E-state index contributed by atoms with van der Waals surface area (Å²) in [5.41, 5.74) is 2.11. The van der Waals surface area contributed by atoms with Crippen LogP contribution in [-0.2, 0) is 13.0 Å². The van der Waals surface area contributed by atoms with Gasteiger partial charge in [0.25, 0.3) is 5.91 Å². The Labute approximate surface area is 160 Å². The molecule has 0 saturated carbocycles. The van der Waals surface area contributed by atoms with Gasteiger partial charge in [-0.3, -0.25) is 4.79 Å². The molecule has 4 aromatic rings. The van der Waals surface area contributed by atoms with Gasteiger partial charge in [-0.25, -0.2) is 4.98 Å². The summed E-state index contributed by atoms with van der Waals surface area (Å²) >= 11 is 0. The first-order chi connectivity index (χ1) is 13.5. The number of nitrogens with one attached hydrogen (secondary N) is 1. The van der Waals surface area contributed by atoms with Crippen LogP contribution in [-0.4, -0.2) is 30.8 Å². The van der Waals surface area contributed by atoms with Crippen molar-refractivity contribution in [3.8, 4) is 0 Å². The van der Waals surface area contributed by atoms with Gasteiger partial charge in [-0.1, -0.05) is 29.4 Å². The molecule has 1 amide bonds. The standard InChI is InChI=1S/C19H20N6O3/c1-4-17-22-19(28-24-17)11(2)20-18(26)15-9-13(27-23-15)10-25-12(3)21-14-7-5-6-8-16(14)25/h5-9,11H,4,10H2,1-3H3,(H,20,26)/t11-/m1/s1. The van der Waals surface area contributed by atoms with E-state index in [1.54, 1.807) is 13.0 Å². The predicted molar refractivity (Wildman–Crippen MR) is 99.6 cm³/mol. The van der Waals surface area contributed by atoms with Gasteiger partial charge < -0.3 is 18.9 Å². The molecule has 28 heavy (non-hydrogen) atoms. The smallest absolute Gasteiger partial charge is 0.274 e. The zero-order valence-electron chi connectivity index (χ0n) is 15.8. The number of imidazole rings is 1. The highest BCUT2D eigenvalue weighted by Crippen LogP contribution is 2.18. The van der Waals surface area contributed by atoms with Gasteiger partial charge in [0, 0.05) is 12.5 Å². The van der Waals surface area contributed by atoms with Crippen molar-refractivity contribution in [3.05, 3.63) is 59.3 Å². The highest BCUT2D eigenvalue weighted by Gasteiger charge is 2.20. The van der Waals surface area contributed by atoms with Crippen molar-refractivity contribution >= 4 is 16.9 Å². The maximum atomic E-state index is 12.5. The molecule has 1 atom stereocenters. The van der Waals surface area contributed by atoms with Gasteiger partial charge in [0.15, 0.2) is 17.3 Å². The van der Waals surface area contributed by atoms with E-state index in [0.717, 1.165) is 16.9 Å². The van der Waals surface area contributed by atoms with Gasteiger partial charge in [-0.15, -0.1) is 0 Å². The lowest BCUT2D eigenvalue weighted by Crippen LogP contribution is -2.27. The molecule has 3 heterocycles. The van der Waals surface area contributed by atoms with Crippen LogP contribution in [0.15, 0.2) is 39.4 Å². The molecule has 0 aliphatic heterocycles. The SMILES string of the molecule is CCc1noc([C@@H](C)NC(=O)c2cc(Cn3c(C)nc4ccccc43)on2)n1. The fourth-order valence-corrected chi connectivity index (χ4v) is 2.97. The number of fused-ring (bicyclic) bond motifs is 1. The summed E-state index contributed by atoms with van der Waals surface area (Å²) in [6.07, 6.45) is 0.666. The number of hydrogen-bond acceptors (Lipinski definition) is 7. The summed E-state index contributed by atoms with van der Waals surface area (Å²) in [6.45, 7) is 6.07. The maximum absolute atomic E-state index is 12.5. The summed E-state index contributed by atoms with van der Waals surface area (Å²) in [7, 11) is 0. The van der Waals surface area contributed by atoms with Crippen LogP contribution in [0.5, 0.6) is 0 Å². The van der Waals surface area contributed by atoms with Crippen LogP contribution < -0.4 is 5.32 Å². The van der Waals surface area contributed by atoms with Crippen molar-refractivity contribution in [1.29, 1.82) is 0 Å². The quantitative estimate of drug-likeness (QED) is 0.547. The number of hydrogen-bond donors (Lipinski definition) is 1. The second-order valence-corrected chi connectivity index (χ2v) is 6.51. The van der Waals surface area contributed by atoms with E-state index < -0.39 is 6.04 Å². The lowest BCUT2D eigenvalue weighted by molar-refractivity contribution is 0.0923. The minimum absolute atomic E-state index is 0.194. The Balaban J connectivity index is 1.47. The first kappa shape index (κ1) is 17.9. The van der Waals surface area contributed by atoms with Gasteiger partial charge in [-0.05, 0) is 26.0 Å². The minimum atomic E-state index is -0.430. The molecule has 0 fully saturated rings. The summed E-state index contributed by atoms with van der Waals surface area (Å²) in [4.78, 5) is 21.2. The van der Waals surface area contributed by atoms with E-state index >= 15 is 0 Å². The number of benzene rings is 1. The molecule has 9 heteroatoms. The van der Waals surface area contributed by atoms with Crippen LogP contribution in [0.2, 0.25) is 0 Å². The number of aryl methyl sites for hydroxylation is 2. The van der Waals surface area contributed by atoms with E-state index in [2.05, 4.69) is 25.6 Å². The van der Waals surface area contributed by atoms with Gasteiger partial charge in [0.2, 0.25) is 5.89 Å². The Bertz CT molecular complexity index is 1130. The Morgan fingerprint density at radius 2 is 2.04 bits per heavy atom. The molecule has 0 saturated heterocycles. The number of nitrogens with zero attached hydrogens (tertiary/aromatic N) is 5. The Morgan fingerprint density at radius 1 is 1.21 bits per heavy atom. The summed E-state index contributed by atoms with van der Waals surface area (Å²) in [5.74, 6) is 2.01. The third kappa shape index (κ3) is 3.38. The molecule has 3 aromatic heterocycles. The average molecular weight is 380 g/mol. The average Bonchev–Trinajstić information content (AvgIpc) is 3.41. The van der Waals surface area contributed by atoms with Crippen LogP contribution in [0.1, 0.15) is 53.7 Å². The fourth-order valence-electron chi connectivity index (χ4n) is 2.97. The van der Waals surface area contributed by atoms with Crippen molar-refractivity contribution in [2.75, 3.05) is 0 Å². The summed E-state index contributed by atoms with van der Waals surface area (Å²) < 4.78 is 12.5. The molecule has 0 unspecified atom stereocenters. The molecule has 4 rings (SSSR count). The first-order valence-electron chi connectivity index (χ1n) is 9.06. The van der Waals surface area contributed by atoms with E-state index in [9.17, 15) is 4.79 Å². The molecule has 144 valence electrons. The van der Waals surface area contributed by atoms with E-state index in [1.807, 2.05) is 42.7 Å². The van der Waals surface area contributed by atoms with Crippen molar-refractivity contribution in [2.24, 2.45) is 0 Å². The van der Waals surface area contributed by atoms with Crippen LogP contribution in [0.25, 0.3) is 11.0 Å². The van der Waals surface area contributed by atoms with Crippen LogP contribution in [0, 0.1) is 6.92 Å². The lowest BCUT2D eigenvalue weighted by atomic mass is 10.3. The molecule has 1 aromatic carbocycles. The molecule has 0 radical (unpaired) electrons. The largest absolute Gasteiger partial charge is 0.359 e. The number of para-hydroxylation sites is 2. The third-order valence-corrected chi connectivity index (χ3v) is 4.47. The van der Waals surface area contributed by atoms with Gasteiger partial charge >= 0.3 is 0 Å². The lowest BCUT2D eigenvalue weighted by Gasteiger charge is -2.07. The second-order valence-electron chi connectivity index (χ2n) is 6.51. The number of aromatic nitrogens is 5. The Kier molecular flexibility index (Phi) is 4.64. The maximum Gasteiger partial charge on any atom is 0.274 e. The molecular weight excluding hydrogens is 360 g/mol. The van der Waals surface area contributed by atoms with Crippen LogP contribution >= 0.6 is 0 Å². The van der Waals surface area contributed by atoms with Crippen LogP contribution in [0.4, 0.5) is 0 Å². The number of carbonyl (C=O) groups excluding carboxylic acids is 1. The summed E-state index contributed by atoms with van der Waals surface area (Å²) in [5, 5.41) is 10.5. The molecule has 0 spiro atoms. The van der Waals surface area contributed by atoms with Gasteiger partial charge in [0.05, 0.1) is 17.6 Å². The molecule has 1 N–H and O–H groups in total. The molecule has 0 aliphatic carbocycles. The second kappa shape index (κ2) is 7.26. The van der Waals surface area contributed by atoms with Crippen molar-refractivity contribution in [2.45, 2.75) is 39.8 Å². The highest BCUT2D eigenvalue weighted by molar-refractivity contribution is 5.92. The van der Waals surface area contributed by atoms with E-state index in [4.69, 9.17) is 9.05 Å². The van der Waals surface area contributed by atoms with Gasteiger partial charge in [0.1, 0.15) is 11.9 Å². The zero-order chi connectivity index (χ0) is 19.7. The van der Waals surface area contributed by atoms with Crippen molar-refractivity contribution in [1.82, 2.24) is 30.2 Å². The summed E-state index contributed by atoms with van der Waals surface area (Å²) in [6, 6.07) is 9.06. The van der Waals surface area contributed by atoms with Gasteiger partial charge in [-0.2, -0.15) is 4.98 Å². The van der Waals surface area contributed by atoms with Crippen molar-refractivity contribution < 1.29 is 13.8 Å². The number of carbonyl (C=O) groups is 1. The first-order valence-corrected chi connectivity index (χ1v) is 9.06. The molecule has 9 nitrogen and oxygen atoms in total. The van der Waals surface area contributed by atoms with E-state index in [1.165, 1.54) is 0 Å². The minimum Gasteiger partial charge on any atom is -0.359 e. The normalized spacial score (nSPS) is 12.4. The van der Waals surface area contributed by atoms with Crippen molar-refractivity contribution in [3.63, 3.8) is 0 Å². The van der Waals surface area contributed by atoms with E-state index in [-0.39, 0.29) is 11.6 Å². The zero-order valence-corrected chi connectivity index (χ0v) is 15.8. The predicted octanol–water partition coefficient (Wildman–Crippen LogP) is 2.82.